The summed E-state index contributed by atoms with van der Waals surface area (Å²) in [5.74, 6) is -0.117. The van der Waals surface area contributed by atoms with Crippen LogP contribution in [0.15, 0.2) is 24.3 Å². The molecule has 25 heavy (non-hydrogen) atoms. The molecule has 1 saturated heterocycles. The van der Waals surface area contributed by atoms with Gasteiger partial charge in [-0.15, -0.1) is 0 Å². The standard InChI is InChI=1S/C19H27N3O3/c20-13-19(9-11-25-12-10-19)18(24)22-16-7-5-14(6-8-16)17(23)21-15-3-1-2-4-15/h5-8,15H,1-4,9-13,20H2,(H,21,23)(H,22,24). The zero-order valence-corrected chi connectivity index (χ0v) is 14.6. The minimum atomic E-state index is -0.559. The molecular weight excluding hydrogens is 318 g/mol. The van der Waals surface area contributed by atoms with Crippen LogP contribution in [0.3, 0.4) is 0 Å². The van der Waals surface area contributed by atoms with E-state index < -0.39 is 5.41 Å². The van der Waals surface area contributed by atoms with Crippen LogP contribution in [0.5, 0.6) is 0 Å². The third-order valence-electron chi connectivity index (χ3n) is 5.42. The molecule has 0 aromatic heterocycles. The van der Waals surface area contributed by atoms with Crippen molar-refractivity contribution < 1.29 is 14.3 Å². The normalized spacial score (nSPS) is 20.2. The summed E-state index contributed by atoms with van der Waals surface area (Å²) < 4.78 is 5.34. The number of amides is 2. The van der Waals surface area contributed by atoms with E-state index in [1.54, 1.807) is 24.3 Å². The number of benzene rings is 1. The van der Waals surface area contributed by atoms with Crippen molar-refractivity contribution in [3.05, 3.63) is 29.8 Å². The van der Waals surface area contributed by atoms with E-state index in [-0.39, 0.29) is 11.8 Å². The van der Waals surface area contributed by atoms with Gasteiger partial charge < -0.3 is 21.1 Å². The van der Waals surface area contributed by atoms with Crippen LogP contribution in [0.2, 0.25) is 0 Å². The van der Waals surface area contributed by atoms with Crippen LogP contribution < -0.4 is 16.4 Å². The summed E-state index contributed by atoms with van der Waals surface area (Å²) >= 11 is 0. The molecule has 1 aliphatic carbocycles. The minimum Gasteiger partial charge on any atom is -0.381 e. The van der Waals surface area contributed by atoms with Crippen molar-refractivity contribution in [2.45, 2.75) is 44.6 Å². The maximum Gasteiger partial charge on any atom is 0.251 e. The van der Waals surface area contributed by atoms with Gasteiger partial charge in [0.2, 0.25) is 5.91 Å². The van der Waals surface area contributed by atoms with Gasteiger partial charge in [0, 0.05) is 37.1 Å². The Morgan fingerprint density at radius 3 is 2.36 bits per heavy atom. The largest absolute Gasteiger partial charge is 0.381 e. The summed E-state index contributed by atoms with van der Waals surface area (Å²) in [6, 6.07) is 7.33. The Balaban J connectivity index is 1.59. The summed E-state index contributed by atoms with van der Waals surface area (Å²) in [6.07, 6.45) is 5.76. The number of hydrogen-bond donors (Lipinski definition) is 3. The van der Waals surface area contributed by atoms with Crippen LogP contribution >= 0.6 is 0 Å². The molecule has 0 unspecified atom stereocenters. The van der Waals surface area contributed by atoms with Crippen LogP contribution in [0, 0.1) is 5.41 Å². The Morgan fingerprint density at radius 2 is 1.76 bits per heavy atom. The number of nitrogens with two attached hydrogens (primary N) is 1. The lowest BCUT2D eigenvalue weighted by molar-refractivity contribution is -0.130. The van der Waals surface area contributed by atoms with E-state index in [1.807, 2.05) is 0 Å². The molecule has 2 fully saturated rings. The van der Waals surface area contributed by atoms with Crippen LogP contribution in [-0.4, -0.2) is 37.6 Å². The molecule has 0 atom stereocenters. The number of nitrogens with one attached hydrogen (secondary N) is 2. The van der Waals surface area contributed by atoms with Gasteiger partial charge in [-0.3, -0.25) is 9.59 Å². The van der Waals surface area contributed by atoms with Crippen molar-refractivity contribution in [1.82, 2.24) is 5.32 Å². The fourth-order valence-electron chi connectivity index (χ4n) is 3.59. The second-order valence-electron chi connectivity index (χ2n) is 7.08. The lowest BCUT2D eigenvalue weighted by Crippen LogP contribution is -2.46. The number of rotatable bonds is 5. The fraction of sp³-hybridized carbons (Fsp3) is 0.579. The van der Waals surface area contributed by atoms with Gasteiger partial charge in [0.05, 0.1) is 5.41 Å². The van der Waals surface area contributed by atoms with Crippen LogP contribution in [0.25, 0.3) is 0 Å². The summed E-state index contributed by atoms with van der Waals surface area (Å²) in [7, 11) is 0. The van der Waals surface area contributed by atoms with Crippen LogP contribution in [0.4, 0.5) is 5.69 Å². The zero-order valence-electron chi connectivity index (χ0n) is 14.6. The third kappa shape index (κ3) is 4.19. The van der Waals surface area contributed by atoms with E-state index in [0.29, 0.717) is 49.9 Å². The first-order valence-electron chi connectivity index (χ1n) is 9.13. The maximum atomic E-state index is 12.6. The van der Waals surface area contributed by atoms with E-state index in [2.05, 4.69) is 10.6 Å². The molecule has 0 spiro atoms. The van der Waals surface area contributed by atoms with E-state index in [1.165, 1.54) is 12.8 Å². The predicted octanol–water partition coefficient (Wildman–Crippen LogP) is 2.05. The second kappa shape index (κ2) is 7.97. The highest BCUT2D eigenvalue weighted by Crippen LogP contribution is 2.31. The molecule has 1 aromatic rings. The molecule has 6 nitrogen and oxygen atoms in total. The van der Waals surface area contributed by atoms with E-state index in [4.69, 9.17) is 10.5 Å². The molecule has 6 heteroatoms. The van der Waals surface area contributed by atoms with Gasteiger partial charge in [-0.05, 0) is 49.9 Å². The van der Waals surface area contributed by atoms with E-state index in [0.717, 1.165) is 12.8 Å². The average molecular weight is 345 g/mol. The summed E-state index contributed by atoms with van der Waals surface area (Å²) in [5.41, 5.74) is 6.60. The summed E-state index contributed by atoms with van der Waals surface area (Å²) in [6.45, 7) is 1.43. The molecule has 1 saturated carbocycles. The smallest absolute Gasteiger partial charge is 0.251 e. The van der Waals surface area contributed by atoms with Gasteiger partial charge in [0.15, 0.2) is 0 Å². The molecule has 4 N–H and O–H groups in total. The Bertz CT molecular complexity index is 603. The zero-order chi connectivity index (χ0) is 17.7. The number of carbonyl (C=O) groups excluding carboxylic acids is 2. The van der Waals surface area contributed by atoms with Crippen molar-refractivity contribution in [3.63, 3.8) is 0 Å². The summed E-state index contributed by atoms with van der Waals surface area (Å²) in [4.78, 5) is 24.9. The van der Waals surface area contributed by atoms with Crippen molar-refractivity contribution in [2.24, 2.45) is 11.1 Å². The highest BCUT2D eigenvalue weighted by Gasteiger charge is 2.38. The van der Waals surface area contributed by atoms with Crippen molar-refractivity contribution >= 4 is 17.5 Å². The first kappa shape index (κ1) is 17.9. The Labute approximate surface area is 148 Å². The number of hydrogen-bond acceptors (Lipinski definition) is 4. The Kier molecular flexibility index (Phi) is 5.71. The molecule has 136 valence electrons. The molecule has 1 aromatic carbocycles. The Morgan fingerprint density at radius 1 is 1.12 bits per heavy atom. The van der Waals surface area contributed by atoms with Gasteiger partial charge in [-0.25, -0.2) is 0 Å². The van der Waals surface area contributed by atoms with Crippen molar-refractivity contribution in [3.8, 4) is 0 Å². The van der Waals surface area contributed by atoms with Gasteiger partial charge in [0.25, 0.3) is 5.91 Å². The highest BCUT2D eigenvalue weighted by atomic mass is 16.5. The quantitative estimate of drug-likeness (QED) is 0.761. The van der Waals surface area contributed by atoms with Gasteiger partial charge >= 0.3 is 0 Å². The average Bonchev–Trinajstić information content (AvgIpc) is 3.15. The topological polar surface area (TPSA) is 93.5 Å². The third-order valence-corrected chi connectivity index (χ3v) is 5.42. The van der Waals surface area contributed by atoms with Crippen molar-refractivity contribution in [2.75, 3.05) is 25.1 Å². The minimum absolute atomic E-state index is 0.0485. The first-order valence-corrected chi connectivity index (χ1v) is 9.13. The van der Waals surface area contributed by atoms with Gasteiger partial charge in [-0.1, -0.05) is 12.8 Å². The van der Waals surface area contributed by atoms with Gasteiger partial charge in [0.1, 0.15) is 0 Å². The van der Waals surface area contributed by atoms with Crippen LogP contribution in [0.1, 0.15) is 48.9 Å². The van der Waals surface area contributed by atoms with Crippen LogP contribution in [-0.2, 0) is 9.53 Å². The number of carbonyl (C=O) groups is 2. The summed E-state index contributed by atoms with van der Waals surface area (Å²) in [5, 5.41) is 6.00. The predicted molar refractivity (Wildman–Crippen MR) is 96.3 cm³/mol. The highest BCUT2D eigenvalue weighted by molar-refractivity contribution is 5.97. The molecule has 1 heterocycles. The second-order valence-corrected chi connectivity index (χ2v) is 7.08. The van der Waals surface area contributed by atoms with E-state index in [9.17, 15) is 9.59 Å². The Hall–Kier alpha value is -1.92. The van der Waals surface area contributed by atoms with E-state index >= 15 is 0 Å². The monoisotopic (exact) mass is 345 g/mol. The maximum absolute atomic E-state index is 12.6. The molecule has 0 bridgehead atoms. The molecule has 0 radical (unpaired) electrons. The SMILES string of the molecule is NCC1(C(=O)Nc2ccc(C(=O)NC3CCCC3)cc2)CCOCC1. The fourth-order valence-corrected chi connectivity index (χ4v) is 3.59. The lowest BCUT2D eigenvalue weighted by atomic mass is 9.79. The molecule has 2 aliphatic rings. The number of ether oxygens (including phenoxy) is 1. The first-order chi connectivity index (χ1) is 12.1. The molecule has 3 rings (SSSR count). The molecule has 2 amide bonds. The molecule has 1 aliphatic heterocycles. The molecular formula is C19H27N3O3. The number of anilines is 1. The lowest BCUT2D eigenvalue weighted by Gasteiger charge is -2.34. The van der Waals surface area contributed by atoms with Gasteiger partial charge in [-0.2, -0.15) is 0 Å². The van der Waals surface area contributed by atoms with Crippen molar-refractivity contribution in [1.29, 1.82) is 0 Å².